The Morgan fingerprint density at radius 2 is 0.511 bits per heavy atom. The van der Waals surface area contributed by atoms with Crippen molar-refractivity contribution in [3.8, 4) is 33.4 Å². The average molecular weight is 1160 g/mol. The Labute approximate surface area is 525 Å². The van der Waals surface area contributed by atoms with Gasteiger partial charge in [0.15, 0.2) is 11.6 Å². The largest absolute Gasteiger partial charge is 0.310 e. The summed E-state index contributed by atoms with van der Waals surface area (Å²) >= 11 is 0. The monoisotopic (exact) mass is 1160 g/mol. The van der Waals surface area contributed by atoms with Crippen molar-refractivity contribution >= 4 is 90.6 Å². The zero-order valence-corrected chi connectivity index (χ0v) is 50.4. The lowest BCUT2D eigenvalue weighted by Gasteiger charge is -2.29. The van der Waals surface area contributed by atoms with Crippen LogP contribution >= 0.6 is 0 Å². The molecule has 0 radical (unpaired) electrons. The summed E-state index contributed by atoms with van der Waals surface area (Å²) in [7, 11) is 0. The van der Waals surface area contributed by atoms with Gasteiger partial charge < -0.3 is 9.80 Å². The van der Waals surface area contributed by atoms with Crippen LogP contribution in [-0.2, 0) is 10.8 Å². The Morgan fingerprint density at radius 1 is 0.233 bits per heavy atom. The van der Waals surface area contributed by atoms with Crippen molar-refractivity contribution in [2.75, 3.05) is 19.6 Å². The summed E-state index contributed by atoms with van der Waals surface area (Å²) in [5, 5.41) is 0. The SMILES string of the molecule is CC1(C)c2ccccc2-c2ccc(N(c3ccccc3)c3ccc(N(c4ccc(-c5ccc(N(c6ccc(N(c7ccccc7)c7ccc8c(c7)C(C)(C)c7ccccc7-8)cc6)c6cnc7ccccc7n6)cc5)cc4)c4cnc5ccccc5n4)cc3)cc21. The van der Waals surface area contributed by atoms with Gasteiger partial charge >= 0.3 is 0 Å². The molecule has 0 fully saturated rings. The van der Waals surface area contributed by atoms with E-state index in [1.165, 1.54) is 44.5 Å². The maximum atomic E-state index is 5.22. The van der Waals surface area contributed by atoms with Gasteiger partial charge in [-0.1, -0.05) is 173 Å². The first-order chi connectivity index (χ1) is 44.1. The van der Waals surface area contributed by atoms with E-state index >= 15 is 0 Å². The molecule has 0 unspecified atom stereocenters. The zero-order chi connectivity index (χ0) is 60.5. The molecule has 0 amide bonds. The highest BCUT2D eigenvalue weighted by molar-refractivity contribution is 5.90. The molecule has 0 atom stereocenters. The van der Waals surface area contributed by atoms with E-state index in [-0.39, 0.29) is 10.8 Å². The van der Waals surface area contributed by atoms with E-state index in [1.54, 1.807) is 0 Å². The van der Waals surface area contributed by atoms with Crippen molar-refractivity contribution in [1.29, 1.82) is 0 Å². The molecular weight excluding hydrogens is 1100 g/mol. The second-order valence-corrected chi connectivity index (χ2v) is 24.4. The number of fused-ring (bicyclic) bond motifs is 8. The highest BCUT2D eigenvalue weighted by atomic mass is 15.2. The molecule has 2 aliphatic rings. The zero-order valence-electron chi connectivity index (χ0n) is 50.4. The number of hydrogen-bond donors (Lipinski definition) is 0. The Bertz CT molecular complexity index is 4690. The van der Waals surface area contributed by atoms with E-state index in [9.17, 15) is 0 Å². The standard InChI is InChI=1S/C82H62N8/c1-81(2)71-25-13-11-23-67(71)69-49-47-65(51-73(69)81)87(57-19-7-5-8-20-57)59-39-43-63(44-40-59)89(79-53-83-75-27-15-17-29-77(75)85-79)61-35-31-55(32-36-61)56-33-37-62(38-34-56)90(80-54-84-76-28-16-18-30-78(76)86-80)64-45-41-60(42-46-64)88(58-21-9-6-10-22-58)66-48-50-70-68-24-12-14-26-72(68)82(3,4)74(70)52-66/h5-54H,1-4H3. The van der Waals surface area contributed by atoms with Crippen molar-refractivity contribution in [3.63, 3.8) is 0 Å². The fourth-order valence-electron chi connectivity index (χ4n) is 13.8. The fourth-order valence-corrected chi connectivity index (χ4v) is 13.8. The molecule has 0 spiro atoms. The maximum Gasteiger partial charge on any atom is 0.156 e. The van der Waals surface area contributed by atoms with E-state index in [2.05, 4.69) is 290 Å². The van der Waals surface area contributed by atoms with Crippen LogP contribution in [0.15, 0.2) is 304 Å². The highest BCUT2D eigenvalue weighted by Gasteiger charge is 2.37. The second-order valence-electron chi connectivity index (χ2n) is 24.4. The van der Waals surface area contributed by atoms with Crippen LogP contribution in [0.5, 0.6) is 0 Å². The molecular formula is C82H62N8. The van der Waals surface area contributed by atoms with Crippen LogP contribution < -0.4 is 19.6 Å². The first kappa shape index (κ1) is 54.0. The minimum Gasteiger partial charge on any atom is -0.310 e. The van der Waals surface area contributed by atoms with Gasteiger partial charge in [-0.2, -0.15) is 0 Å². The Balaban J connectivity index is 0.727. The van der Waals surface area contributed by atoms with Gasteiger partial charge in [-0.3, -0.25) is 19.8 Å². The molecule has 0 saturated carbocycles. The van der Waals surface area contributed by atoms with E-state index in [0.717, 1.165) is 102 Å². The van der Waals surface area contributed by atoms with Crippen molar-refractivity contribution in [3.05, 3.63) is 326 Å². The summed E-state index contributed by atoms with van der Waals surface area (Å²) in [5.41, 5.74) is 26.1. The molecule has 8 heteroatoms. The van der Waals surface area contributed by atoms with Gasteiger partial charge in [0, 0.05) is 67.7 Å². The highest BCUT2D eigenvalue weighted by Crippen LogP contribution is 2.53. The average Bonchev–Trinajstić information content (AvgIpc) is 1.64. The van der Waals surface area contributed by atoms with Crippen molar-refractivity contribution in [2.45, 2.75) is 38.5 Å². The predicted molar refractivity (Wildman–Crippen MR) is 372 cm³/mol. The number of rotatable bonds is 13. The lowest BCUT2D eigenvalue weighted by molar-refractivity contribution is 0.660. The maximum absolute atomic E-state index is 5.22. The van der Waals surface area contributed by atoms with Gasteiger partial charge in [0.25, 0.3) is 0 Å². The number of para-hydroxylation sites is 6. The third kappa shape index (κ3) is 9.31. The van der Waals surface area contributed by atoms with Crippen LogP contribution in [0.1, 0.15) is 49.9 Å². The van der Waals surface area contributed by atoms with Crippen LogP contribution in [0.4, 0.5) is 68.5 Å². The molecule has 0 bridgehead atoms. The summed E-state index contributed by atoms with van der Waals surface area (Å²) in [6, 6.07) is 104. The molecule has 0 N–H and O–H groups in total. The Morgan fingerprint density at radius 3 is 0.889 bits per heavy atom. The second kappa shape index (κ2) is 21.7. The molecule has 12 aromatic carbocycles. The Hall–Kier alpha value is -11.5. The summed E-state index contributed by atoms with van der Waals surface area (Å²) < 4.78 is 0. The third-order valence-electron chi connectivity index (χ3n) is 18.3. The number of aromatic nitrogens is 4. The van der Waals surface area contributed by atoms with Gasteiger partial charge in [-0.15, -0.1) is 0 Å². The predicted octanol–water partition coefficient (Wildman–Crippen LogP) is 21.7. The van der Waals surface area contributed by atoms with Crippen LogP contribution in [0.25, 0.3) is 55.4 Å². The van der Waals surface area contributed by atoms with E-state index < -0.39 is 0 Å². The van der Waals surface area contributed by atoms with Gasteiger partial charge in [0.1, 0.15) is 0 Å². The molecule has 14 aromatic rings. The van der Waals surface area contributed by atoms with Gasteiger partial charge in [0.2, 0.25) is 0 Å². The number of hydrogen-bond acceptors (Lipinski definition) is 8. The van der Waals surface area contributed by atoms with E-state index in [0.29, 0.717) is 0 Å². The smallest absolute Gasteiger partial charge is 0.156 e. The minimum absolute atomic E-state index is 0.136. The lowest BCUT2D eigenvalue weighted by Crippen LogP contribution is -2.16. The third-order valence-corrected chi connectivity index (χ3v) is 18.3. The van der Waals surface area contributed by atoms with Crippen LogP contribution in [0, 0.1) is 0 Å². The van der Waals surface area contributed by atoms with Crippen molar-refractivity contribution in [2.24, 2.45) is 0 Å². The summed E-state index contributed by atoms with van der Waals surface area (Å²) in [5.74, 6) is 1.44. The molecule has 8 nitrogen and oxygen atoms in total. The van der Waals surface area contributed by atoms with Gasteiger partial charge in [-0.05, 0) is 201 Å². The van der Waals surface area contributed by atoms with Gasteiger partial charge in [0.05, 0.1) is 34.5 Å². The molecule has 90 heavy (non-hydrogen) atoms. The topological polar surface area (TPSA) is 64.5 Å². The first-order valence-electron chi connectivity index (χ1n) is 30.8. The van der Waals surface area contributed by atoms with Crippen molar-refractivity contribution in [1.82, 2.24) is 19.9 Å². The molecule has 0 aliphatic heterocycles. The van der Waals surface area contributed by atoms with Crippen molar-refractivity contribution < 1.29 is 0 Å². The van der Waals surface area contributed by atoms with Crippen LogP contribution in [0.2, 0.25) is 0 Å². The molecule has 2 heterocycles. The number of anilines is 12. The molecule has 2 aromatic heterocycles. The summed E-state index contributed by atoms with van der Waals surface area (Å²) in [6.45, 7) is 9.35. The Kier molecular flexibility index (Phi) is 13.0. The fraction of sp³-hybridized carbons (Fsp3) is 0.0732. The number of benzene rings is 12. The quantitative estimate of drug-likeness (QED) is 0.113. The summed E-state index contributed by atoms with van der Waals surface area (Å²) in [4.78, 5) is 29.3. The van der Waals surface area contributed by atoms with Crippen LogP contribution in [-0.4, -0.2) is 19.9 Å². The molecule has 430 valence electrons. The van der Waals surface area contributed by atoms with E-state index in [4.69, 9.17) is 19.9 Å². The normalized spacial score (nSPS) is 13.1. The molecule has 16 rings (SSSR count). The van der Waals surface area contributed by atoms with Crippen LogP contribution in [0.3, 0.4) is 0 Å². The lowest BCUT2D eigenvalue weighted by atomic mass is 9.82. The molecule has 0 saturated heterocycles. The number of nitrogens with zero attached hydrogens (tertiary/aromatic N) is 8. The van der Waals surface area contributed by atoms with Gasteiger partial charge in [-0.25, -0.2) is 9.97 Å². The molecule has 2 aliphatic carbocycles. The first-order valence-corrected chi connectivity index (χ1v) is 30.8. The van der Waals surface area contributed by atoms with E-state index in [1.807, 2.05) is 60.9 Å². The summed E-state index contributed by atoms with van der Waals surface area (Å²) in [6.07, 6.45) is 3.74. The minimum atomic E-state index is -0.136.